The number of hydrogen-bond donors (Lipinski definition) is 0. The van der Waals surface area contributed by atoms with Crippen molar-refractivity contribution < 1.29 is 17.8 Å². The molecule has 0 saturated carbocycles. The zero-order chi connectivity index (χ0) is 14.0. The Bertz CT molecular complexity index is 700. The van der Waals surface area contributed by atoms with Crippen LogP contribution >= 0.6 is 0 Å². The first kappa shape index (κ1) is 13.3. The van der Waals surface area contributed by atoms with E-state index in [-0.39, 0.29) is 10.7 Å². The lowest BCUT2D eigenvalue weighted by atomic mass is 10.2. The zero-order valence-electron chi connectivity index (χ0n) is 10.1. The molecule has 7 heteroatoms. The summed E-state index contributed by atoms with van der Waals surface area (Å²) >= 11 is 0. The number of furan rings is 1. The highest BCUT2D eigenvalue weighted by molar-refractivity contribution is 7.90. The van der Waals surface area contributed by atoms with Crippen molar-refractivity contribution in [3.63, 3.8) is 0 Å². The molecule has 6 nitrogen and oxygen atoms in total. The first-order chi connectivity index (χ1) is 8.88. The Kier molecular flexibility index (Phi) is 3.39. The molecule has 0 aliphatic heterocycles. The molecule has 0 N–H and O–H groups in total. The summed E-state index contributed by atoms with van der Waals surface area (Å²) in [6.45, 7) is 1.85. The number of benzene rings is 1. The Hall–Kier alpha value is -2.15. The van der Waals surface area contributed by atoms with Gasteiger partial charge in [-0.05, 0) is 25.1 Å². The van der Waals surface area contributed by atoms with E-state index in [1.54, 1.807) is 12.1 Å². The quantitative estimate of drug-likeness (QED) is 0.634. The van der Waals surface area contributed by atoms with Crippen LogP contribution in [0.5, 0.6) is 0 Å². The maximum atomic E-state index is 12.1. The van der Waals surface area contributed by atoms with Gasteiger partial charge in [-0.3, -0.25) is 10.1 Å². The van der Waals surface area contributed by atoms with Crippen LogP contribution in [0.2, 0.25) is 0 Å². The second kappa shape index (κ2) is 4.85. The van der Waals surface area contributed by atoms with E-state index in [1.165, 1.54) is 18.2 Å². The fraction of sp³-hybridized carbons (Fsp3) is 0.167. The molecule has 0 fully saturated rings. The Morgan fingerprint density at radius 3 is 2.32 bits per heavy atom. The van der Waals surface area contributed by atoms with Gasteiger partial charge in [-0.15, -0.1) is 0 Å². The van der Waals surface area contributed by atoms with Gasteiger partial charge in [-0.1, -0.05) is 17.7 Å². The molecule has 0 radical (unpaired) electrons. The predicted octanol–water partition coefficient (Wildman–Crippen LogP) is 2.47. The second-order valence-electron chi connectivity index (χ2n) is 4.07. The summed E-state index contributed by atoms with van der Waals surface area (Å²) in [7, 11) is -3.56. The molecule has 0 unspecified atom stereocenters. The smallest absolute Gasteiger partial charge is 0.405 e. The summed E-state index contributed by atoms with van der Waals surface area (Å²) in [5.74, 6) is -0.814. The van der Waals surface area contributed by atoms with Gasteiger partial charge in [0.1, 0.15) is 16.4 Å². The van der Waals surface area contributed by atoms with E-state index in [1.807, 2.05) is 6.92 Å². The third-order valence-corrected chi connectivity index (χ3v) is 4.19. The number of aryl methyl sites for hydroxylation is 1. The van der Waals surface area contributed by atoms with Gasteiger partial charge >= 0.3 is 5.88 Å². The summed E-state index contributed by atoms with van der Waals surface area (Å²) in [5, 5.41) is 10.4. The molecule has 0 bridgehead atoms. The minimum Gasteiger partial charge on any atom is -0.405 e. The van der Waals surface area contributed by atoms with Crippen LogP contribution in [0.15, 0.2) is 45.7 Å². The Balaban J connectivity index is 2.25. The van der Waals surface area contributed by atoms with Crippen LogP contribution in [0, 0.1) is 17.0 Å². The highest BCUT2D eigenvalue weighted by atomic mass is 32.2. The number of hydrogen-bond acceptors (Lipinski definition) is 5. The Morgan fingerprint density at radius 1 is 1.16 bits per heavy atom. The minimum absolute atomic E-state index is 0.0484. The molecule has 2 rings (SSSR count). The van der Waals surface area contributed by atoms with E-state index in [0.29, 0.717) is 0 Å². The summed E-state index contributed by atoms with van der Waals surface area (Å²) in [6, 6.07) is 8.82. The van der Waals surface area contributed by atoms with Gasteiger partial charge in [0.15, 0.2) is 9.84 Å². The Labute approximate surface area is 109 Å². The third-order valence-electron chi connectivity index (χ3n) is 2.54. The molecule has 100 valence electrons. The fourth-order valence-electron chi connectivity index (χ4n) is 1.56. The van der Waals surface area contributed by atoms with Crippen LogP contribution in [-0.2, 0) is 15.6 Å². The van der Waals surface area contributed by atoms with Crippen LogP contribution in [-0.4, -0.2) is 13.3 Å². The number of sulfone groups is 1. The average molecular weight is 281 g/mol. The van der Waals surface area contributed by atoms with Crippen molar-refractivity contribution in [3.05, 3.63) is 57.8 Å². The lowest BCUT2D eigenvalue weighted by molar-refractivity contribution is -0.402. The minimum atomic E-state index is -3.56. The van der Waals surface area contributed by atoms with Crippen molar-refractivity contribution in [2.24, 2.45) is 0 Å². The Morgan fingerprint density at radius 2 is 1.79 bits per heavy atom. The maximum absolute atomic E-state index is 12.1. The summed E-state index contributed by atoms with van der Waals surface area (Å²) in [6.07, 6.45) is 0. The van der Waals surface area contributed by atoms with E-state index in [2.05, 4.69) is 0 Å². The van der Waals surface area contributed by atoms with Gasteiger partial charge in [0, 0.05) is 0 Å². The number of nitrogens with zero attached hydrogens (tertiary/aromatic N) is 1. The second-order valence-corrected chi connectivity index (χ2v) is 6.06. The van der Waals surface area contributed by atoms with E-state index in [4.69, 9.17) is 4.42 Å². The third kappa shape index (κ3) is 3.00. The normalized spacial score (nSPS) is 11.4. The lowest BCUT2D eigenvalue weighted by Crippen LogP contribution is -2.04. The van der Waals surface area contributed by atoms with Crippen molar-refractivity contribution in [1.82, 2.24) is 0 Å². The van der Waals surface area contributed by atoms with E-state index in [0.717, 1.165) is 11.6 Å². The lowest BCUT2D eigenvalue weighted by Gasteiger charge is -2.02. The summed E-state index contributed by atoms with van der Waals surface area (Å²) in [5.41, 5.74) is 0.951. The van der Waals surface area contributed by atoms with Crippen LogP contribution in [0.4, 0.5) is 5.88 Å². The summed E-state index contributed by atoms with van der Waals surface area (Å²) in [4.78, 5) is 9.91. The molecule has 2 aromatic rings. The van der Waals surface area contributed by atoms with Crippen LogP contribution in [0.25, 0.3) is 0 Å². The van der Waals surface area contributed by atoms with Gasteiger partial charge in [0.2, 0.25) is 0 Å². The molecule has 0 atom stereocenters. The molecular formula is C12H11NO5S. The maximum Gasteiger partial charge on any atom is 0.433 e. The van der Waals surface area contributed by atoms with Crippen molar-refractivity contribution in [2.75, 3.05) is 0 Å². The SMILES string of the molecule is Cc1ccc(S(=O)(=O)Cc2ccc([N+](=O)[O-])o2)cc1. The molecule has 19 heavy (non-hydrogen) atoms. The first-order valence-corrected chi connectivity index (χ1v) is 7.06. The molecular weight excluding hydrogens is 270 g/mol. The van der Waals surface area contributed by atoms with Crippen LogP contribution in [0.1, 0.15) is 11.3 Å². The molecule has 1 aromatic heterocycles. The van der Waals surface area contributed by atoms with Crippen molar-refractivity contribution in [1.29, 1.82) is 0 Å². The van der Waals surface area contributed by atoms with Crippen molar-refractivity contribution in [3.8, 4) is 0 Å². The highest BCUT2D eigenvalue weighted by Gasteiger charge is 2.20. The van der Waals surface area contributed by atoms with Crippen molar-refractivity contribution >= 4 is 15.7 Å². The average Bonchev–Trinajstić information content (AvgIpc) is 2.77. The molecule has 1 aromatic carbocycles. The van der Waals surface area contributed by atoms with Crippen LogP contribution < -0.4 is 0 Å². The molecule has 0 spiro atoms. The standard InChI is InChI=1S/C12H11NO5S/c1-9-2-5-11(6-3-9)19(16,17)8-10-4-7-12(18-10)13(14)15/h2-7H,8H2,1H3. The first-order valence-electron chi connectivity index (χ1n) is 5.41. The van der Waals surface area contributed by atoms with E-state index < -0.39 is 26.4 Å². The van der Waals surface area contributed by atoms with Gasteiger partial charge in [0.05, 0.1) is 11.0 Å². The van der Waals surface area contributed by atoms with Gasteiger partial charge in [-0.2, -0.15) is 0 Å². The number of rotatable bonds is 4. The largest absolute Gasteiger partial charge is 0.433 e. The van der Waals surface area contributed by atoms with E-state index >= 15 is 0 Å². The molecule has 0 aliphatic rings. The van der Waals surface area contributed by atoms with Crippen molar-refractivity contribution in [2.45, 2.75) is 17.6 Å². The molecule has 0 saturated heterocycles. The number of nitro groups is 1. The van der Waals surface area contributed by atoms with E-state index in [9.17, 15) is 18.5 Å². The molecule has 0 amide bonds. The predicted molar refractivity (Wildman–Crippen MR) is 67.4 cm³/mol. The van der Waals surface area contributed by atoms with Gasteiger partial charge < -0.3 is 4.42 Å². The van der Waals surface area contributed by atoms with Crippen LogP contribution in [0.3, 0.4) is 0 Å². The topological polar surface area (TPSA) is 90.4 Å². The van der Waals surface area contributed by atoms with Gasteiger partial charge in [-0.25, -0.2) is 8.42 Å². The summed E-state index contributed by atoms with van der Waals surface area (Å²) < 4.78 is 29.0. The molecule has 1 heterocycles. The highest BCUT2D eigenvalue weighted by Crippen LogP contribution is 2.21. The fourth-order valence-corrected chi connectivity index (χ4v) is 2.81. The zero-order valence-corrected chi connectivity index (χ0v) is 10.9. The molecule has 0 aliphatic carbocycles. The van der Waals surface area contributed by atoms with Gasteiger partial charge in [0.25, 0.3) is 0 Å². The monoisotopic (exact) mass is 281 g/mol.